The van der Waals surface area contributed by atoms with E-state index in [1.807, 2.05) is 19.2 Å². The van der Waals surface area contributed by atoms with Crippen LogP contribution in [0.1, 0.15) is 18.9 Å². The molecule has 3 nitrogen and oxygen atoms in total. The van der Waals surface area contributed by atoms with Crippen molar-refractivity contribution >= 4 is 0 Å². The Hall–Kier alpha value is -1.71. The minimum absolute atomic E-state index is 0.241. The first-order valence-corrected chi connectivity index (χ1v) is 6.64. The van der Waals surface area contributed by atoms with Crippen LogP contribution in [0.15, 0.2) is 48.8 Å². The van der Waals surface area contributed by atoms with Crippen LogP contribution in [0.5, 0.6) is 0 Å². The van der Waals surface area contributed by atoms with Gasteiger partial charge in [-0.1, -0.05) is 24.3 Å². The number of pyridine rings is 1. The van der Waals surface area contributed by atoms with Gasteiger partial charge in [-0.15, -0.1) is 0 Å². The zero-order valence-electron chi connectivity index (χ0n) is 11.2. The van der Waals surface area contributed by atoms with Crippen LogP contribution in [0.4, 0.5) is 0 Å². The molecule has 0 aliphatic heterocycles. The molecule has 2 aromatic rings. The minimum atomic E-state index is -0.241. The van der Waals surface area contributed by atoms with Gasteiger partial charge in [-0.25, -0.2) is 0 Å². The predicted molar refractivity (Wildman–Crippen MR) is 77.7 cm³/mol. The normalized spacial score (nSPS) is 12.3. The monoisotopic (exact) mass is 256 g/mol. The van der Waals surface area contributed by atoms with Gasteiger partial charge in [0.05, 0.1) is 6.10 Å². The molecule has 19 heavy (non-hydrogen) atoms. The summed E-state index contributed by atoms with van der Waals surface area (Å²) in [7, 11) is 0. The van der Waals surface area contributed by atoms with Crippen LogP contribution in [-0.4, -0.2) is 22.7 Å². The van der Waals surface area contributed by atoms with E-state index in [0.717, 1.165) is 25.1 Å². The summed E-state index contributed by atoms with van der Waals surface area (Å²) in [5.74, 6) is 0. The molecular formula is C16H20N2O. The van der Waals surface area contributed by atoms with Gasteiger partial charge in [-0.2, -0.15) is 0 Å². The van der Waals surface area contributed by atoms with Gasteiger partial charge in [0.1, 0.15) is 0 Å². The van der Waals surface area contributed by atoms with Crippen molar-refractivity contribution < 1.29 is 5.11 Å². The second kappa shape index (κ2) is 7.02. The lowest BCUT2D eigenvalue weighted by atomic mass is 10.0. The van der Waals surface area contributed by atoms with Gasteiger partial charge in [0.2, 0.25) is 0 Å². The highest BCUT2D eigenvalue weighted by Gasteiger charge is 2.00. The van der Waals surface area contributed by atoms with Crippen LogP contribution in [0.2, 0.25) is 0 Å². The fourth-order valence-corrected chi connectivity index (χ4v) is 1.94. The van der Waals surface area contributed by atoms with Gasteiger partial charge in [-0.3, -0.25) is 4.98 Å². The third-order valence-corrected chi connectivity index (χ3v) is 2.99. The lowest BCUT2D eigenvalue weighted by Crippen LogP contribution is -2.18. The van der Waals surface area contributed by atoms with E-state index < -0.39 is 0 Å². The summed E-state index contributed by atoms with van der Waals surface area (Å²) < 4.78 is 0. The Kier molecular flexibility index (Phi) is 5.07. The fraction of sp³-hybridized carbons (Fsp3) is 0.312. The first kappa shape index (κ1) is 13.7. The second-order valence-electron chi connectivity index (χ2n) is 4.76. The highest BCUT2D eigenvalue weighted by Crippen LogP contribution is 2.18. The molecule has 0 fully saturated rings. The number of aliphatic hydroxyl groups is 1. The second-order valence-corrected chi connectivity index (χ2v) is 4.76. The SMILES string of the molecule is CC(O)CCNCc1cccc(-c2cccnc2)c1. The molecule has 2 rings (SSSR count). The van der Waals surface area contributed by atoms with Crippen molar-refractivity contribution in [2.24, 2.45) is 0 Å². The maximum atomic E-state index is 9.20. The fourth-order valence-electron chi connectivity index (χ4n) is 1.94. The Labute approximate surface area is 114 Å². The summed E-state index contributed by atoms with van der Waals surface area (Å²) in [6.07, 6.45) is 4.20. The van der Waals surface area contributed by atoms with Crippen LogP contribution in [0.3, 0.4) is 0 Å². The van der Waals surface area contributed by atoms with E-state index >= 15 is 0 Å². The molecule has 1 aromatic carbocycles. The molecule has 1 atom stereocenters. The molecule has 0 spiro atoms. The number of hydrogen-bond donors (Lipinski definition) is 2. The van der Waals surface area contributed by atoms with E-state index in [2.05, 4.69) is 40.6 Å². The average molecular weight is 256 g/mol. The minimum Gasteiger partial charge on any atom is -0.393 e. The molecule has 0 saturated carbocycles. The Balaban J connectivity index is 1.96. The largest absolute Gasteiger partial charge is 0.393 e. The third kappa shape index (κ3) is 4.47. The summed E-state index contributed by atoms with van der Waals surface area (Å²) >= 11 is 0. The topological polar surface area (TPSA) is 45.1 Å². The molecule has 0 aliphatic carbocycles. The molecule has 0 amide bonds. The van der Waals surface area contributed by atoms with E-state index in [9.17, 15) is 5.11 Å². The van der Waals surface area contributed by atoms with Gasteiger partial charge in [0, 0.05) is 18.9 Å². The van der Waals surface area contributed by atoms with Crippen LogP contribution < -0.4 is 5.32 Å². The first-order valence-electron chi connectivity index (χ1n) is 6.64. The third-order valence-electron chi connectivity index (χ3n) is 2.99. The predicted octanol–water partition coefficient (Wildman–Crippen LogP) is 2.61. The van der Waals surface area contributed by atoms with E-state index in [-0.39, 0.29) is 6.10 Å². The Morgan fingerprint density at radius 1 is 1.21 bits per heavy atom. The molecule has 0 saturated heterocycles. The van der Waals surface area contributed by atoms with Gasteiger partial charge < -0.3 is 10.4 Å². The number of nitrogens with one attached hydrogen (secondary N) is 1. The molecule has 0 aliphatic rings. The average Bonchev–Trinajstić information content (AvgIpc) is 2.45. The van der Waals surface area contributed by atoms with E-state index in [1.54, 1.807) is 6.20 Å². The van der Waals surface area contributed by atoms with Crippen molar-refractivity contribution in [1.29, 1.82) is 0 Å². The number of nitrogens with zero attached hydrogens (tertiary/aromatic N) is 1. The number of aliphatic hydroxyl groups excluding tert-OH is 1. The highest BCUT2D eigenvalue weighted by molar-refractivity contribution is 5.62. The maximum absolute atomic E-state index is 9.20. The standard InChI is InChI=1S/C16H20N2O/c1-13(19)7-9-18-11-14-4-2-5-15(10-14)16-6-3-8-17-12-16/h2-6,8,10,12-13,18-19H,7,9,11H2,1H3. The molecule has 1 heterocycles. The summed E-state index contributed by atoms with van der Waals surface area (Å²) in [6.45, 7) is 3.46. The Morgan fingerprint density at radius 2 is 2.05 bits per heavy atom. The zero-order valence-corrected chi connectivity index (χ0v) is 11.2. The first-order chi connectivity index (χ1) is 9.25. The van der Waals surface area contributed by atoms with E-state index in [4.69, 9.17) is 0 Å². The molecule has 1 unspecified atom stereocenters. The van der Waals surface area contributed by atoms with Crippen molar-refractivity contribution in [1.82, 2.24) is 10.3 Å². The number of hydrogen-bond acceptors (Lipinski definition) is 3. The van der Waals surface area contributed by atoms with E-state index in [0.29, 0.717) is 0 Å². The Bertz CT molecular complexity index is 497. The van der Waals surface area contributed by atoms with Crippen molar-refractivity contribution in [3.8, 4) is 11.1 Å². The van der Waals surface area contributed by atoms with Crippen molar-refractivity contribution in [2.45, 2.75) is 26.0 Å². The van der Waals surface area contributed by atoms with Crippen molar-refractivity contribution in [3.05, 3.63) is 54.4 Å². The van der Waals surface area contributed by atoms with Crippen molar-refractivity contribution in [3.63, 3.8) is 0 Å². The highest BCUT2D eigenvalue weighted by atomic mass is 16.3. The quantitative estimate of drug-likeness (QED) is 0.781. The lowest BCUT2D eigenvalue weighted by molar-refractivity contribution is 0.183. The molecule has 1 aromatic heterocycles. The maximum Gasteiger partial charge on any atom is 0.0524 e. The number of benzene rings is 1. The van der Waals surface area contributed by atoms with Crippen LogP contribution in [-0.2, 0) is 6.54 Å². The van der Waals surface area contributed by atoms with Crippen molar-refractivity contribution in [2.75, 3.05) is 6.54 Å². The van der Waals surface area contributed by atoms with Crippen LogP contribution in [0.25, 0.3) is 11.1 Å². The van der Waals surface area contributed by atoms with Crippen LogP contribution >= 0.6 is 0 Å². The van der Waals surface area contributed by atoms with Gasteiger partial charge in [0.25, 0.3) is 0 Å². The summed E-state index contributed by atoms with van der Waals surface area (Å²) in [6, 6.07) is 12.4. The van der Waals surface area contributed by atoms with Gasteiger partial charge in [0.15, 0.2) is 0 Å². The Morgan fingerprint density at radius 3 is 2.79 bits per heavy atom. The van der Waals surface area contributed by atoms with Gasteiger partial charge in [-0.05, 0) is 48.7 Å². The molecule has 0 bridgehead atoms. The molecule has 3 heteroatoms. The summed E-state index contributed by atoms with van der Waals surface area (Å²) in [5.41, 5.74) is 3.56. The number of aromatic nitrogens is 1. The van der Waals surface area contributed by atoms with Gasteiger partial charge >= 0.3 is 0 Å². The number of rotatable bonds is 6. The summed E-state index contributed by atoms with van der Waals surface area (Å²) in [4.78, 5) is 4.14. The molecule has 2 N–H and O–H groups in total. The zero-order chi connectivity index (χ0) is 13.5. The summed E-state index contributed by atoms with van der Waals surface area (Å²) in [5, 5.41) is 12.5. The molecular weight excluding hydrogens is 236 g/mol. The van der Waals surface area contributed by atoms with E-state index in [1.165, 1.54) is 11.1 Å². The molecule has 0 radical (unpaired) electrons. The van der Waals surface area contributed by atoms with Crippen LogP contribution in [0, 0.1) is 0 Å². The lowest BCUT2D eigenvalue weighted by Gasteiger charge is -2.08. The molecule has 100 valence electrons. The smallest absolute Gasteiger partial charge is 0.0524 e.